The minimum absolute atomic E-state index is 0.0254. The van der Waals surface area contributed by atoms with E-state index in [9.17, 15) is 23.1 Å². The summed E-state index contributed by atoms with van der Waals surface area (Å²) in [4.78, 5) is 13.2. The van der Waals surface area contributed by atoms with Gasteiger partial charge in [-0.05, 0) is 29.8 Å². The van der Waals surface area contributed by atoms with Crippen LogP contribution in [0.4, 0.5) is 18.0 Å². The summed E-state index contributed by atoms with van der Waals surface area (Å²) >= 11 is 0. The number of hydrogen-bond acceptors (Lipinski definition) is 3. The van der Waals surface area contributed by atoms with Gasteiger partial charge in [-0.1, -0.05) is 12.1 Å². The average Bonchev–Trinajstić information content (AvgIpc) is 2.98. The number of carbonyl (C=O) groups excluding carboxylic acids is 1. The highest BCUT2D eigenvalue weighted by Crippen LogP contribution is 2.16. The number of alkyl halides is 3. The minimum Gasteiger partial charge on any atom is -0.508 e. The first kappa shape index (κ1) is 16.7. The van der Waals surface area contributed by atoms with E-state index in [1.54, 1.807) is 24.3 Å². The molecule has 0 bridgehead atoms. The van der Waals surface area contributed by atoms with Crippen molar-refractivity contribution in [2.45, 2.75) is 19.3 Å². The second kappa shape index (κ2) is 7.08. The summed E-state index contributed by atoms with van der Waals surface area (Å²) in [6, 6.07) is 8.44. The van der Waals surface area contributed by atoms with E-state index in [-0.39, 0.29) is 18.8 Å². The van der Waals surface area contributed by atoms with Crippen molar-refractivity contribution in [1.82, 2.24) is 10.2 Å². The molecule has 0 spiro atoms. The fourth-order valence-electron chi connectivity index (χ4n) is 1.90. The summed E-state index contributed by atoms with van der Waals surface area (Å²) in [6.07, 6.45) is -3.06. The molecule has 5 nitrogen and oxygen atoms in total. The van der Waals surface area contributed by atoms with Crippen LogP contribution in [0.5, 0.6) is 5.75 Å². The number of phenolic OH excluding ortho intramolecular Hbond substituents is 1. The van der Waals surface area contributed by atoms with E-state index in [4.69, 9.17) is 4.42 Å². The number of nitrogens with zero attached hydrogens (tertiary/aromatic N) is 1. The molecule has 0 aliphatic rings. The van der Waals surface area contributed by atoms with Crippen LogP contribution < -0.4 is 5.32 Å². The maximum atomic E-state index is 12.2. The lowest BCUT2D eigenvalue weighted by Crippen LogP contribution is -2.43. The monoisotopic (exact) mass is 328 g/mol. The van der Waals surface area contributed by atoms with Crippen molar-refractivity contribution in [1.29, 1.82) is 0 Å². The van der Waals surface area contributed by atoms with Crippen LogP contribution in [-0.2, 0) is 13.1 Å². The number of halogens is 3. The van der Waals surface area contributed by atoms with Crippen molar-refractivity contribution in [2.24, 2.45) is 0 Å². The summed E-state index contributed by atoms with van der Waals surface area (Å²) in [5, 5.41) is 11.1. The van der Waals surface area contributed by atoms with Gasteiger partial charge in [0.2, 0.25) is 0 Å². The topological polar surface area (TPSA) is 65.7 Å². The Kier molecular flexibility index (Phi) is 5.15. The van der Waals surface area contributed by atoms with Gasteiger partial charge >= 0.3 is 12.2 Å². The molecule has 0 radical (unpaired) electrons. The van der Waals surface area contributed by atoms with E-state index in [1.807, 2.05) is 5.32 Å². The molecule has 0 saturated carbocycles. The van der Waals surface area contributed by atoms with Gasteiger partial charge in [-0.25, -0.2) is 4.79 Å². The molecule has 1 aromatic carbocycles. The standard InChI is InChI=1S/C15H15F3N2O3/c16-15(17,18)10-19-14(22)20(9-13-2-1-7-23-13)8-11-3-5-12(21)6-4-11/h1-7,21H,8-10H2,(H,19,22). The van der Waals surface area contributed by atoms with Crippen molar-refractivity contribution in [3.8, 4) is 5.75 Å². The number of aromatic hydroxyl groups is 1. The van der Waals surface area contributed by atoms with Crippen molar-refractivity contribution >= 4 is 6.03 Å². The summed E-state index contributed by atoms with van der Waals surface area (Å²) in [7, 11) is 0. The van der Waals surface area contributed by atoms with Crippen LogP contribution in [-0.4, -0.2) is 28.8 Å². The number of urea groups is 1. The van der Waals surface area contributed by atoms with E-state index in [0.717, 1.165) is 0 Å². The first-order chi connectivity index (χ1) is 10.8. The van der Waals surface area contributed by atoms with E-state index >= 15 is 0 Å². The maximum absolute atomic E-state index is 12.2. The Morgan fingerprint density at radius 2 is 1.87 bits per heavy atom. The zero-order valence-electron chi connectivity index (χ0n) is 12.0. The zero-order chi connectivity index (χ0) is 16.9. The molecule has 0 atom stereocenters. The number of rotatable bonds is 5. The molecule has 2 N–H and O–H groups in total. The Balaban J connectivity index is 2.07. The molecule has 2 aromatic rings. The highest BCUT2D eigenvalue weighted by Gasteiger charge is 2.29. The molecule has 1 heterocycles. The Morgan fingerprint density at radius 1 is 1.17 bits per heavy atom. The lowest BCUT2D eigenvalue weighted by atomic mass is 10.2. The highest BCUT2D eigenvalue weighted by atomic mass is 19.4. The van der Waals surface area contributed by atoms with Crippen LogP contribution in [0.1, 0.15) is 11.3 Å². The summed E-state index contributed by atoms with van der Waals surface area (Å²) in [5.74, 6) is 0.513. The third-order valence-electron chi connectivity index (χ3n) is 2.96. The molecule has 1 aromatic heterocycles. The number of hydrogen-bond donors (Lipinski definition) is 2. The zero-order valence-corrected chi connectivity index (χ0v) is 12.0. The predicted molar refractivity (Wildman–Crippen MR) is 75.5 cm³/mol. The molecule has 23 heavy (non-hydrogen) atoms. The van der Waals surface area contributed by atoms with E-state index in [1.165, 1.54) is 23.3 Å². The Morgan fingerprint density at radius 3 is 2.43 bits per heavy atom. The van der Waals surface area contributed by atoms with Gasteiger partial charge in [-0.15, -0.1) is 0 Å². The molecular formula is C15H15F3N2O3. The largest absolute Gasteiger partial charge is 0.508 e. The van der Waals surface area contributed by atoms with Crippen LogP contribution in [0.2, 0.25) is 0 Å². The van der Waals surface area contributed by atoms with Gasteiger partial charge in [-0.2, -0.15) is 13.2 Å². The van der Waals surface area contributed by atoms with Crippen molar-refractivity contribution < 1.29 is 27.5 Å². The van der Waals surface area contributed by atoms with Gasteiger partial charge in [0.25, 0.3) is 0 Å². The number of furan rings is 1. The van der Waals surface area contributed by atoms with Gasteiger partial charge < -0.3 is 19.7 Å². The second-order valence-electron chi connectivity index (χ2n) is 4.88. The van der Waals surface area contributed by atoms with Crippen molar-refractivity contribution in [3.05, 3.63) is 54.0 Å². The number of phenols is 1. The average molecular weight is 328 g/mol. The summed E-state index contributed by atoms with van der Waals surface area (Å²) in [6.45, 7) is -1.31. The molecule has 2 rings (SSSR count). The van der Waals surface area contributed by atoms with Gasteiger partial charge in [0.1, 0.15) is 18.1 Å². The highest BCUT2D eigenvalue weighted by molar-refractivity contribution is 5.74. The molecule has 0 aliphatic carbocycles. The lowest BCUT2D eigenvalue weighted by Gasteiger charge is -2.22. The van der Waals surface area contributed by atoms with Crippen molar-refractivity contribution in [2.75, 3.05) is 6.54 Å². The van der Waals surface area contributed by atoms with Crippen LogP contribution in [0.25, 0.3) is 0 Å². The smallest absolute Gasteiger partial charge is 0.405 e. The normalized spacial score (nSPS) is 11.3. The van der Waals surface area contributed by atoms with Gasteiger partial charge in [0.15, 0.2) is 0 Å². The van der Waals surface area contributed by atoms with Crippen molar-refractivity contribution in [3.63, 3.8) is 0 Å². The molecule has 8 heteroatoms. The van der Waals surface area contributed by atoms with E-state index in [0.29, 0.717) is 11.3 Å². The quantitative estimate of drug-likeness (QED) is 0.885. The van der Waals surface area contributed by atoms with Gasteiger partial charge in [0, 0.05) is 6.54 Å². The second-order valence-corrected chi connectivity index (χ2v) is 4.88. The Bertz CT molecular complexity index is 624. The number of benzene rings is 1. The van der Waals surface area contributed by atoms with Crippen LogP contribution in [0.3, 0.4) is 0 Å². The predicted octanol–water partition coefficient (Wildman–Crippen LogP) is 3.26. The van der Waals surface area contributed by atoms with Crippen LogP contribution in [0.15, 0.2) is 47.1 Å². The molecule has 0 unspecified atom stereocenters. The first-order valence-electron chi connectivity index (χ1n) is 6.73. The lowest BCUT2D eigenvalue weighted by molar-refractivity contribution is -0.123. The van der Waals surface area contributed by atoms with E-state index < -0.39 is 18.8 Å². The molecule has 0 saturated heterocycles. The van der Waals surface area contributed by atoms with E-state index in [2.05, 4.69) is 0 Å². The number of nitrogens with one attached hydrogen (secondary N) is 1. The fraction of sp³-hybridized carbons (Fsp3) is 0.267. The van der Waals surface area contributed by atoms with Crippen LogP contribution in [0, 0.1) is 0 Å². The SMILES string of the molecule is O=C(NCC(F)(F)F)N(Cc1ccc(O)cc1)Cc1ccco1. The Labute approximate surface area is 130 Å². The molecule has 124 valence electrons. The molecule has 0 fully saturated rings. The summed E-state index contributed by atoms with van der Waals surface area (Å²) < 4.78 is 41.9. The van der Waals surface area contributed by atoms with Crippen LogP contribution >= 0.6 is 0 Å². The first-order valence-corrected chi connectivity index (χ1v) is 6.73. The van der Waals surface area contributed by atoms with Gasteiger partial charge in [0.05, 0.1) is 12.8 Å². The maximum Gasteiger partial charge on any atom is 0.405 e. The Hall–Kier alpha value is -2.64. The summed E-state index contributed by atoms with van der Waals surface area (Å²) in [5.41, 5.74) is 0.663. The number of amides is 2. The minimum atomic E-state index is -4.48. The third-order valence-corrected chi connectivity index (χ3v) is 2.96. The molecular weight excluding hydrogens is 313 g/mol. The molecule has 0 aliphatic heterocycles. The fourth-order valence-corrected chi connectivity index (χ4v) is 1.90. The third kappa shape index (κ3) is 5.57. The van der Waals surface area contributed by atoms with Gasteiger partial charge in [-0.3, -0.25) is 0 Å². The number of carbonyl (C=O) groups is 1. The molecule has 2 amide bonds.